The number of sulfonamides is 1. The zero-order valence-electron chi connectivity index (χ0n) is 20.3. The van der Waals surface area contributed by atoms with Crippen molar-refractivity contribution in [3.05, 3.63) is 72.3 Å². The van der Waals surface area contributed by atoms with E-state index in [-0.39, 0.29) is 25.4 Å². The molecule has 0 bridgehead atoms. The monoisotopic (exact) mass is 491 g/mol. The van der Waals surface area contributed by atoms with Crippen molar-refractivity contribution in [3.63, 3.8) is 0 Å². The van der Waals surface area contributed by atoms with Gasteiger partial charge in [0.05, 0.1) is 19.5 Å². The number of aliphatic hydroxyl groups is 2. The largest absolute Gasteiger partial charge is 0.497 e. The van der Waals surface area contributed by atoms with Crippen LogP contribution in [0, 0.1) is 5.92 Å². The molecule has 34 heavy (non-hydrogen) atoms. The molecule has 0 radical (unpaired) electrons. The zero-order valence-corrected chi connectivity index (χ0v) is 21.1. The van der Waals surface area contributed by atoms with Crippen molar-refractivity contribution in [2.24, 2.45) is 5.92 Å². The van der Waals surface area contributed by atoms with E-state index in [9.17, 15) is 18.6 Å². The van der Waals surface area contributed by atoms with Gasteiger partial charge in [0.2, 0.25) is 10.0 Å². The molecule has 8 heteroatoms. The smallest absolute Gasteiger partial charge is 0.217 e. The van der Waals surface area contributed by atoms with Gasteiger partial charge in [-0.05, 0) is 67.0 Å². The lowest BCUT2D eigenvalue weighted by Crippen LogP contribution is -2.41. The van der Waals surface area contributed by atoms with Gasteiger partial charge in [0.15, 0.2) is 6.29 Å². The third kappa shape index (κ3) is 8.13. The quantitative estimate of drug-likeness (QED) is 0.288. The van der Waals surface area contributed by atoms with Gasteiger partial charge in [0.1, 0.15) is 11.5 Å². The van der Waals surface area contributed by atoms with Gasteiger partial charge in [-0.3, -0.25) is 0 Å². The van der Waals surface area contributed by atoms with Crippen molar-refractivity contribution >= 4 is 10.0 Å². The van der Waals surface area contributed by atoms with E-state index in [0.29, 0.717) is 30.8 Å². The standard InChI is InChI=1S/C26H37NO6S/c1-5-7-20(2)25(8-6-9-26(28)29)34(30,31)27(18-21-10-14-23(32-3)15-11-21)19-22-12-16-24(33-4)17-13-22/h5,10-17,20,25-26,28-29H,1,6-9,18-19H2,2-4H3/t20-,25-/m1/s1. The predicted octanol–water partition coefficient (Wildman–Crippen LogP) is 4.10. The highest BCUT2D eigenvalue weighted by molar-refractivity contribution is 7.89. The Hall–Kier alpha value is -2.39. The van der Waals surface area contributed by atoms with Gasteiger partial charge in [-0.15, -0.1) is 6.58 Å². The van der Waals surface area contributed by atoms with E-state index >= 15 is 0 Å². The number of benzene rings is 2. The van der Waals surface area contributed by atoms with Crippen LogP contribution < -0.4 is 9.47 Å². The van der Waals surface area contributed by atoms with E-state index in [1.54, 1.807) is 20.3 Å². The highest BCUT2D eigenvalue weighted by atomic mass is 32.2. The minimum Gasteiger partial charge on any atom is -0.497 e. The van der Waals surface area contributed by atoms with E-state index in [1.165, 1.54) is 4.31 Å². The molecule has 0 aliphatic carbocycles. The van der Waals surface area contributed by atoms with Crippen LogP contribution in [0.4, 0.5) is 0 Å². The summed E-state index contributed by atoms with van der Waals surface area (Å²) in [6.45, 7) is 6.09. The molecule has 0 heterocycles. The van der Waals surface area contributed by atoms with Gasteiger partial charge in [-0.2, -0.15) is 4.31 Å². The van der Waals surface area contributed by atoms with E-state index < -0.39 is 21.6 Å². The van der Waals surface area contributed by atoms with E-state index in [4.69, 9.17) is 9.47 Å². The molecule has 2 N–H and O–H groups in total. The van der Waals surface area contributed by atoms with E-state index in [2.05, 4.69) is 6.58 Å². The molecule has 0 aliphatic heterocycles. The van der Waals surface area contributed by atoms with Crippen molar-refractivity contribution < 1.29 is 28.1 Å². The Bertz CT molecular complexity index is 924. The lowest BCUT2D eigenvalue weighted by Gasteiger charge is -2.31. The second kappa shape index (κ2) is 13.5. The van der Waals surface area contributed by atoms with Crippen molar-refractivity contribution in [1.29, 1.82) is 0 Å². The number of aliphatic hydroxyl groups excluding tert-OH is 1. The maximum Gasteiger partial charge on any atom is 0.217 e. The zero-order chi connectivity index (χ0) is 25.1. The van der Waals surface area contributed by atoms with Crippen molar-refractivity contribution in [3.8, 4) is 11.5 Å². The number of rotatable bonds is 15. The average Bonchev–Trinajstić information content (AvgIpc) is 2.82. The average molecular weight is 492 g/mol. The van der Waals surface area contributed by atoms with Crippen LogP contribution in [0.1, 0.15) is 43.7 Å². The molecular weight excluding hydrogens is 454 g/mol. The number of methoxy groups -OCH3 is 2. The summed E-state index contributed by atoms with van der Waals surface area (Å²) in [7, 11) is -0.575. The predicted molar refractivity (Wildman–Crippen MR) is 134 cm³/mol. The Labute approximate surface area is 203 Å². The van der Waals surface area contributed by atoms with Crippen molar-refractivity contribution in [2.75, 3.05) is 14.2 Å². The first kappa shape index (κ1) is 27.9. The molecule has 7 nitrogen and oxygen atoms in total. The fraction of sp³-hybridized carbons (Fsp3) is 0.462. The van der Waals surface area contributed by atoms with Crippen LogP contribution in [0.2, 0.25) is 0 Å². The summed E-state index contributed by atoms with van der Waals surface area (Å²) < 4.78 is 40.0. The number of ether oxygens (including phenoxy) is 2. The Balaban J connectivity index is 2.39. The van der Waals surface area contributed by atoms with Crippen LogP contribution in [0.15, 0.2) is 61.2 Å². The van der Waals surface area contributed by atoms with E-state index in [1.807, 2.05) is 55.5 Å². The topological polar surface area (TPSA) is 96.3 Å². The van der Waals surface area contributed by atoms with Gasteiger partial charge >= 0.3 is 0 Å². The van der Waals surface area contributed by atoms with Crippen LogP contribution in [0.5, 0.6) is 11.5 Å². The lowest BCUT2D eigenvalue weighted by molar-refractivity contribution is -0.0466. The van der Waals surface area contributed by atoms with Crippen LogP contribution in [0.3, 0.4) is 0 Å². The maximum atomic E-state index is 14.0. The summed E-state index contributed by atoms with van der Waals surface area (Å²) in [6.07, 6.45) is 1.67. The normalized spacial score (nSPS) is 13.6. The molecule has 2 aromatic rings. The Morgan fingerprint density at radius 3 is 1.76 bits per heavy atom. The van der Waals surface area contributed by atoms with Gasteiger partial charge in [0.25, 0.3) is 0 Å². The molecule has 0 saturated heterocycles. The Kier molecular flexibility index (Phi) is 11.0. The van der Waals surface area contributed by atoms with Gasteiger partial charge in [0, 0.05) is 13.1 Å². The minimum absolute atomic E-state index is 0.129. The summed E-state index contributed by atoms with van der Waals surface area (Å²) >= 11 is 0. The molecule has 2 rings (SSSR count). The van der Waals surface area contributed by atoms with Crippen LogP contribution >= 0.6 is 0 Å². The second-order valence-corrected chi connectivity index (χ2v) is 10.6. The molecule has 0 aromatic heterocycles. The molecule has 2 aromatic carbocycles. The van der Waals surface area contributed by atoms with E-state index in [0.717, 1.165) is 11.1 Å². The van der Waals surface area contributed by atoms with Gasteiger partial charge in [-0.1, -0.05) is 37.3 Å². The summed E-state index contributed by atoms with van der Waals surface area (Å²) in [5, 5.41) is 17.8. The third-order valence-electron chi connectivity index (χ3n) is 5.90. The van der Waals surface area contributed by atoms with Crippen LogP contribution in [-0.4, -0.2) is 48.7 Å². The first-order chi connectivity index (χ1) is 16.2. The number of hydrogen-bond donors (Lipinski definition) is 2. The summed E-state index contributed by atoms with van der Waals surface area (Å²) in [4.78, 5) is 0. The number of allylic oxidation sites excluding steroid dienone is 1. The highest BCUT2D eigenvalue weighted by Gasteiger charge is 2.35. The lowest BCUT2D eigenvalue weighted by atomic mass is 9.99. The minimum atomic E-state index is -3.75. The molecule has 0 aliphatic rings. The van der Waals surface area contributed by atoms with Gasteiger partial charge < -0.3 is 19.7 Å². The van der Waals surface area contributed by atoms with Crippen molar-refractivity contribution in [1.82, 2.24) is 4.31 Å². The molecule has 2 atom stereocenters. The molecule has 0 saturated carbocycles. The molecule has 0 amide bonds. The number of hydrogen-bond acceptors (Lipinski definition) is 6. The first-order valence-corrected chi connectivity index (χ1v) is 12.9. The second-order valence-electron chi connectivity index (χ2n) is 8.46. The summed E-state index contributed by atoms with van der Waals surface area (Å²) in [5.41, 5.74) is 1.69. The summed E-state index contributed by atoms with van der Waals surface area (Å²) in [5.74, 6) is 1.23. The summed E-state index contributed by atoms with van der Waals surface area (Å²) in [6, 6.07) is 14.7. The van der Waals surface area contributed by atoms with Gasteiger partial charge in [-0.25, -0.2) is 8.42 Å². The Morgan fingerprint density at radius 2 is 1.38 bits per heavy atom. The van der Waals surface area contributed by atoms with Crippen molar-refractivity contribution in [2.45, 2.75) is 57.2 Å². The maximum absolute atomic E-state index is 14.0. The Morgan fingerprint density at radius 1 is 0.912 bits per heavy atom. The SMILES string of the molecule is C=CC[C@@H](C)[C@@H](CCCC(O)O)S(=O)(=O)N(Cc1ccc(OC)cc1)Cc1ccc(OC)cc1. The fourth-order valence-corrected chi connectivity index (χ4v) is 6.14. The molecule has 0 spiro atoms. The molecule has 0 unspecified atom stereocenters. The highest BCUT2D eigenvalue weighted by Crippen LogP contribution is 2.28. The fourth-order valence-electron chi connectivity index (χ4n) is 3.94. The number of nitrogens with zero attached hydrogens (tertiary/aromatic N) is 1. The molecular formula is C26H37NO6S. The molecule has 0 fully saturated rings. The molecule has 188 valence electrons. The van der Waals surface area contributed by atoms with Crippen LogP contribution in [-0.2, 0) is 23.1 Å². The third-order valence-corrected chi connectivity index (χ3v) is 8.35. The van der Waals surface area contributed by atoms with Crippen LogP contribution in [0.25, 0.3) is 0 Å². The first-order valence-electron chi connectivity index (χ1n) is 11.4.